The molecule has 0 unspecified atom stereocenters. The van der Waals surface area contributed by atoms with Gasteiger partial charge in [0.25, 0.3) is 5.22 Å². The van der Waals surface area contributed by atoms with Gasteiger partial charge >= 0.3 is 0 Å². The van der Waals surface area contributed by atoms with Gasteiger partial charge in [-0.05, 0) is 47.4 Å². The van der Waals surface area contributed by atoms with Crippen molar-refractivity contribution in [3.63, 3.8) is 0 Å². The summed E-state index contributed by atoms with van der Waals surface area (Å²) >= 11 is 1.11. The molecule has 32 heavy (non-hydrogen) atoms. The van der Waals surface area contributed by atoms with Gasteiger partial charge in [0.1, 0.15) is 5.82 Å². The molecule has 0 saturated carbocycles. The monoisotopic (exact) mass is 456 g/mol. The summed E-state index contributed by atoms with van der Waals surface area (Å²) in [4.78, 5) is 25.7. The highest BCUT2D eigenvalue weighted by atomic mass is 32.2. The number of rotatable bonds is 7. The molecule has 1 N–H and O–H groups in total. The highest BCUT2D eigenvalue weighted by Gasteiger charge is 2.17. The fourth-order valence-electron chi connectivity index (χ4n) is 2.77. The number of carbonyl (C=O) groups excluding carboxylic acids is 2. The summed E-state index contributed by atoms with van der Waals surface area (Å²) in [7, 11) is 1.53. The number of hydrogen-bond donors (Lipinski definition) is 1. The molecule has 0 atom stereocenters. The number of nitrogens with one attached hydrogen (secondary N) is 1. The number of benzene rings is 2. The van der Waals surface area contributed by atoms with Crippen LogP contribution < -0.4 is 5.32 Å². The van der Waals surface area contributed by atoms with Crippen LogP contribution in [0, 0.1) is 5.82 Å². The van der Waals surface area contributed by atoms with Crippen LogP contribution in [0.3, 0.4) is 0 Å². The highest BCUT2D eigenvalue weighted by Crippen LogP contribution is 2.27. The van der Waals surface area contributed by atoms with Crippen molar-refractivity contribution >= 4 is 29.3 Å². The second-order valence-electron chi connectivity index (χ2n) is 8.29. The quantitative estimate of drug-likeness (QED) is 0.532. The van der Waals surface area contributed by atoms with Crippen molar-refractivity contribution in [3.8, 4) is 11.5 Å². The van der Waals surface area contributed by atoms with Gasteiger partial charge in [-0.25, -0.2) is 4.39 Å². The Labute approximate surface area is 190 Å². The lowest BCUT2D eigenvalue weighted by molar-refractivity contribution is -0.131. The van der Waals surface area contributed by atoms with E-state index in [1.54, 1.807) is 0 Å². The number of halogens is 1. The smallest absolute Gasteiger partial charge is 0.277 e. The van der Waals surface area contributed by atoms with Gasteiger partial charge in [0, 0.05) is 18.3 Å². The van der Waals surface area contributed by atoms with Crippen LogP contribution in [0.2, 0.25) is 0 Å². The van der Waals surface area contributed by atoms with Crippen LogP contribution in [-0.2, 0) is 15.0 Å². The van der Waals surface area contributed by atoms with Gasteiger partial charge in [-0.1, -0.05) is 44.7 Å². The number of carbonyl (C=O) groups is 2. The summed E-state index contributed by atoms with van der Waals surface area (Å²) < 4.78 is 18.6. The lowest BCUT2D eigenvalue weighted by atomic mass is 9.87. The highest BCUT2D eigenvalue weighted by molar-refractivity contribution is 7.99. The Kier molecular flexibility index (Phi) is 7.29. The van der Waals surface area contributed by atoms with Crippen LogP contribution in [0.5, 0.6) is 0 Å². The molecule has 7 nitrogen and oxygen atoms in total. The third kappa shape index (κ3) is 6.40. The zero-order valence-electron chi connectivity index (χ0n) is 18.4. The maximum atomic E-state index is 12.9. The Bertz CT molecular complexity index is 1080. The maximum absolute atomic E-state index is 12.9. The molecule has 0 saturated heterocycles. The first-order valence-electron chi connectivity index (χ1n) is 9.98. The second-order valence-corrected chi connectivity index (χ2v) is 9.22. The van der Waals surface area contributed by atoms with Crippen molar-refractivity contribution in [1.29, 1.82) is 0 Å². The van der Waals surface area contributed by atoms with Crippen molar-refractivity contribution in [2.75, 3.05) is 24.7 Å². The van der Waals surface area contributed by atoms with Gasteiger partial charge in [-0.15, -0.1) is 10.2 Å². The molecule has 0 bridgehead atoms. The zero-order valence-corrected chi connectivity index (χ0v) is 19.2. The van der Waals surface area contributed by atoms with Gasteiger partial charge in [-0.3, -0.25) is 9.59 Å². The maximum Gasteiger partial charge on any atom is 0.277 e. The van der Waals surface area contributed by atoms with Crippen LogP contribution >= 0.6 is 11.8 Å². The van der Waals surface area contributed by atoms with Crippen LogP contribution in [0.1, 0.15) is 26.3 Å². The first-order valence-corrected chi connectivity index (χ1v) is 11.0. The van der Waals surface area contributed by atoms with Crippen LogP contribution in [0.25, 0.3) is 11.5 Å². The van der Waals surface area contributed by atoms with E-state index in [4.69, 9.17) is 4.42 Å². The van der Waals surface area contributed by atoms with Gasteiger partial charge < -0.3 is 14.6 Å². The van der Waals surface area contributed by atoms with Crippen molar-refractivity contribution < 1.29 is 18.4 Å². The molecule has 0 aliphatic rings. The summed E-state index contributed by atoms with van der Waals surface area (Å²) in [6.45, 7) is 6.30. The predicted octanol–water partition coefficient (Wildman–Crippen LogP) is 4.36. The van der Waals surface area contributed by atoms with E-state index in [2.05, 4.69) is 36.3 Å². The normalized spacial score (nSPS) is 11.3. The Morgan fingerprint density at radius 1 is 1.06 bits per heavy atom. The SMILES string of the molecule is CN(CC(=O)Nc1ccc(F)cc1)C(=O)CSc1nnc(-c2ccc(C(C)(C)C)cc2)o1. The summed E-state index contributed by atoms with van der Waals surface area (Å²) in [5.41, 5.74) is 2.52. The summed E-state index contributed by atoms with van der Waals surface area (Å²) in [5.74, 6) is -0.606. The molecule has 0 radical (unpaired) electrons. The molecule has 3 rings (SSSR count). The number of anilines is 1. The van der Waals surface area contributed by atoms with E-state index in [1.807, 2.05) is 24.3 Å². The van der Waals surface area contributed by atoms with E-state index in [9.17, 15) is 14.0 Å². The summed E-state index contributed by atoms with van der Waals surface area (Å²) in [5, 5.41) is 10.9. The third-order valence-corrected chi connectivity index (χ3v) is 5.46. The molecule has 2 aromatic carbocycles. The van der Waals surface area contributed by atoms with Crippen LogP contribution in [0.4, 0.5) is 10.1 Å². The lowest BCUT2D eigenvalue weighted by Crippen LogP contribution is -2.35. The average molecular weight is 457 g/mol. The van der Waals surface area contributed by atoms with E-state index < -0.39 is 5.82 Å². The first kappa shape index (κ1) is 23.5. The average Bonchev–Trinajstić information content (AvgIpc) is 3.22. The number of thioether (sulfide) groups is 1. The Morgan fingerprint density at radius 3 is 2.34 bits per heavy atom. The molecule has 3 aromatic rings. The molecule has 0 spiro atoms. The van der Waals surface area contributed by atoms with Gasteiger partial charge in [-0.2, -0.15) is 0 Å². The number of nitrogens with zero attached hydrogens (tertiary/aromatic N) is 3. The minimum atomic E-state index is -0.390. The predicted molar refractivity (Wildman–Crippen MR) is 122 cm³/mol. The third-order valence-electron chi connectivity index (χ3n) is 4.66. The van der Waals surface area contributed by atoms with E-state index in [0.717, 1.165) is 17.3 Å². The standard InChI is InChI=1S/C23H25FN4O3S/c1-23(2,3)16-7-5-15(6-8-16)21-26-27-22(31-21)32-14-20(30)28(4)13-19(29)25-18-11-9-17(24)10-12-18/h5-12H,13-14H2,1-4H3,(H,25,29). The van der Waals surface area contributed by atoms with Crippen molar-refractivity contribution in [1.82, 2.24) is 15.1 Å². The second kappa shape index (κ2) is 9.95. The molecule has 0 fully saturated rings. The fourth-order valence-corrected chi connectivity index (χ4v) is 3.47. The summed E-state index contributed by atoms with van der Waals surface area (Å²) in [6, 6.07) is 13.3. The van der Waals surface area contributed by atoms with E-state index in [0.29, 0.717) is 11.6 Å². The van der Waals surface area contributed by atoms with Crippen LogP contribution in [-0.4, -0.2) is 46.3 Å². The number of aromatic nitrogens is 2. The molecular weight excluding hydrogens is 431 g/mol. The van der Waals surface area contributed by atoms with Crippen LogP contribution in [0.15, 0.2) is 58.2 Å². The molecule has 0 aliphatic carbocycles. The lowest BCUT2D eigenvalue weighted by Gasteiger charge is -2.18. The molecule has 0 aliphatic heterocycles. The zero-order chi connectivity index (χ0) is 23.3. The fraction of sp³-hybridized carbons (Fsp3) is 0.304. The molecule has 9 heteroatoms. The molecule has 2 amide bonds. The number of amides is 2. The molecule has 1 aromatic heterocycles. The largest absolute Gasteiger partial charge is 0.411 e. The number of hydrogen-bond acceptors (Lipinski definition) is 6. The Morgan fingerprint density at radius 2 is 1.72 bits per heavy atom. The first-order chi connectivity index (χ1) is 15.1. The van der Waals surface area contributed by atoms with Gasteiger partial charge in [0.2, 0.25) is 17.7 Å². The van der Waals surface area contributed by atoms with E-state index >= 15 is 0 Å². The van der Waals surface area contributed by atoms with Crippen molar-refractivity contribution in [3.05, 3.63) is 59.9 Å². The van der Waals surface area contributed by atoms with Crippen molar-refractivity contribution in [2.24, 2.45) is 0 Å². The summed E-state index contributed by atoms with van der Waals surface area (Å²) in [6.07, 6.45) is 0. The van der Waals surface area contributed by atoms with E-state index in [1.165, 1.54) is 41.8 Å². The minimum absolute atomic E-state index is 0.0466. The van der Waals surface area contributed by atoms with E-state index in [-0.39, 0.29) is 34.7 Å². The minimum Gasteiger partial charge on any atom is -0.411 e. The van der Waals surface area contributed by atoms with Gasteiger partial charge in [0.15, 0.2) is 0 Å². The number of likely N-dealkylation sites (N-methyl/N-ethyl adjacent to an activating group) is 1. The molecular formula is C23H25FN4O3S. The molecule has 1 heterocycles. The molecule has 168 valence electrons. The topological polar surface area (TPSA) is 88.3 Å². The Balaban J connectivity index is 1.50. The van der Waals surface area contributed by atoms with Gasteiger partial charge in [0.05, 0.1) is 12.3 Å². The van der Waals surface area contributed by atoms with Crippen molar-refractivity contribution in [2.45, 2.75) is 31.4 Å². The Hall–Kier alpha value is -3.20.